The second-order valence-corrected chi connectivity index (χ2v) is 5.68. The Kier molecular flexibility index (Phi) is 5.41. The van der Waals surface area contributed by atoms with Gasteiger partial charge in [0.1, 0.15) is 0 Å². The number of aliphatic hydroxyl groups is 1. The van der Waals surface area contributed by atoms with Crippen LogP contribution in [-0.2, 0) is 6.42 Å². The van der Waals surface area contributed by atoms with Gasteiger partial charge in [-0.05, 0) is 31.2 Å². The van der Waals surface area contributed by atoms with Crippen molar-refractivity contribution in [1.29, 1.82) is 0 Å². The molecule has 0 aliphatic heterocycles. The van der Waals surface area contributed by atoms with E-state index < -0.39 is 6.10 Å². The maximum Gasteiger partial charge on any atom is 0.315 e. The van der Waals surface area contributed by atoms with Gasteiger partial charge in [-0.1, -0.05) is 36.8 Å². The van der Waals surface area contributed by atoms with Gasteiger partial charge in [-0.15, -0.1) is 0 Å². The van der Waals surface area contributed by atoms with Crippen LogP contribution in [0.3, 0.4) is 0 Å². The number of urea groups is 1. The lowest BCUT2D eigenvalue weighted by atomic mass is 9.80. The highest BCUT2D eigenvalue weighted by atomic mass is 16.3. The summed E-state index contributed by atoms with van der Waals surface area (Å²) in [6.45, 7) is 2.32. The summed E-state index contributed by atoms with van der Waals surface area (Å²) in [6.07, 6.45) is 3.69. The van der Waals surface area contributed by atoms with Crippen LogP contribution >= 0.6 is 0 Å². The minimum Gasteiger partial charge on any atom is -0.391 e. The summed E-state index contributed by atoms with van der Waals surface area (Å²) < 4.78 is 0. The number of carbonyl (C=O) groups is 1. The van der Waals surface area contributed by atoms with E-state index in [-0.39, 0.29) is 18.6 Å². The van der Waals surface area contributed by atoms with Gasteiger partial charge in [0, 0.05) is 19.0 Å². The molecule has 1 aromatic carbocycles. The van der Waals surface area contributed by atoms with E-state index in [1.54, 1.807) is 0 Å². The maximum atomic E-state index is 11.7. The Balaban J connectivity index is 1.64. The number of benzene rings is 1. The average Bonchev–Trinajstić information content (AvgIpc) is 2.35. The quantitative estimate of drug-likeness (QED) is 0.745. The van der Waals surface area contributed by atoms with E-state index in [9.17, 15) is 9.90 Å². The predicted molar refractivity (Wildman–Crippen MR) is 79.5 cm³/mol. The predicted octanol–water partition coefficient (Wildman–Crippen LogP) is 2.08. The molecular weight excluding hydrogens is 252 g/mol. The largest absolute Gasteiger partial charge is 0.391 e. The van der Waals surface area contributed by atoms with Crippen LogP contribution in [0.25, 0.3) is 0 Å². The smallest absolute Gasteiger partial charge is 0.315 e. The second kappa shape index (κ2) is 7.29. The van der Waals surface area contributed by atoms with Gasteiger partial charge in [-0.2, -0.15) is 0 Å². The molecule has 0 radical (unpaired) electrons. The summed E-state index contributed by atoms with van der Waals surface area (Å²) in [4.78, 5) is 11.7. The maximum absolute atomic E-state index is 11.7. The summed E-state index contributed by atoms with van der Waals surface area (Å²) in [6, 6.07) is 9.82. The number of nitrogens with one attached hydrogen (secondary N) is 2. The Labute approximate surface area is 120 Å². The van der Waals surface area contributed by atoms with Crippen molar-refractivity contribution in [2.24, 2.45) is 5.92 Å². The Morgan fingerprint density at radius 2 is 2.05 bits per heavy atom. The molecule has 1 aliphatic rings. The molecule has 2 amide bonds. The molecule has 2 atom stereocenters. The summed E-state index contributed by atoms with van der Waals surface area (Å²) in [7, 11) is 0. The van der Waals surface area contributed by atoms with E-state index >= 15 is 0 Å². The first-order valence-electron chi connectivity index (χ1n) is 7.41. The standard InChI is InChI=1S/C16H24N2O2/c1-12(14-8-5-9-14)18-16(20)17-11-15(19)10-13-6-3-2-4-7-13/h2-4,6-7,12,14-15,19H,5,8-11H2,1H3,(H2,17,18,20). The lowest BCUT2D eigenvalue weighted by Gasteiger charge is -2.31. The van der Waals surface area contributed by atoms with Gasteiger partial charge in [0.25, 0.3) is 0 Å². The summed E-state index contributed by atoms with van der Waals surface area (Å²) in [5.41, 5.74) is 1.07. The fourth-order valence-electron chi connectivity index (χ4n) is 2.48. The molecule has 2 unspecified atom stereocenters. The number of carbonyl (C=O) groups excluding carboxylic acids is 1. The molecule has 3 N–H and O–H groups in total. The molecule has 1 saturated carbocycles. The molecule has 1 aliphatic carbocycles. The number of aliphatic hydroxyl groups excluding tert-OH is 1. The lowest BCUT2D eigenvalue weighted by molar-refractivity contribution is 0.167. The van der Waals surface area contributed by atoms with Crippen molar-refractivity contribution in [3.05, 3.63) is 35.9 Å². The summed E-state index contributed by atoms with van der Waals surface area (Å²) in [5, 5.41) is 15.6. The first-order chi connectivity index (χ1) is 9.65. The zero-order chi connectivity index (χ0) is 14.4. The van der Waals surface area contributed by atoms with Crippen LogP contribution < -0.4 is 10.6 Å². The van der Waals surface area contributed by atoms with Crippen molar-refractivity contribution in [2.75, 3.05) is 6.54 Å². The molecule has 0 bridgehead atoms. The van der Waals surface area contributed by atoms with Gasteiger partial charge in [-0.25, -0.2) is 4.79 Å². The monoisotopic (exact) mass is 276 g/mol. The Morgan fingerprint density at radius 3 is 2.65 bits per heavy atom. The molecule has 0 heterocycles. The van der Waals surface area contributed by atoms with Gasteiger partial charge in [0.2, 0.25) is 0 Å². The van der Waals surface area contributed by atoms with Crippen molar-refractivity contribution in [3.8, 4) is 0 Å². The molecule has 1 fully saturated rings. The van der Waals surface area contributed by atoms with Crippen molar-refractivity contribution < 1.29 is 9.90 Å². The van der Waals surface area contributed by atoms with Gasteiger partial charge >= 0.3 is 6.03 Å². The van der Waals surface area contributed by atoms with E-state index in [0.717, 1.165) is 5.56 Å². The van der Waals surface area contributed by atoms with Gasteiger partial charge in [0.15, 0.2) is 0 Å². The summed E-state index contributed by atoms with van der Waals surface area (Å²) in [5.74, 6) is 0.620. The zero-order valence-corrected chi connectivity index (χ0v) is 12.0. The highest BCUT2D eigenvalue weighted by Crippen LogP contribution is 2.29. The third-order valence-corrected chi connectivity index (χ3v) is 4.03. The van der Waals surface area contributed by atoms with Crippen molar-refractivity contribution >= 4 is 6.03 Å². The first-order valence-corrected chi connectivity index (χ1v) is 7.41. The highest BCUT2D eigenvalue weighted by Gasteiger charge is 2.24. The summed E-state index contributed by atoms with van der Waals surface area (Å²) >= 11 is 0. The first kappa shape index (κ1) is 14.9. The fourth-order valence-corrected chi connectivity index (χ4v) is 2.48. The molecule has 20 heavy (non-hydrogen) atoms. The van der Waals surface area contributed by atoms with Gasteiger partial charge < -0.3 is 15.7 Å². The molecule has 4 heteroatoms. The van der Waals surface area contributed by atoms with Crippen LogP contribution in [0.2, 0.25) is 0 Å². The van der Waals surface area contributed by atoms with E-state index in [0.29, 0.717) is 12.3 Å². The van der Waals surface area contributed by atoms with Crippen LogP contribution in [0.5, 0.6) is 0 Å². The molecule has 0 aromatic heterocycles. The third-order valence-electron chi connectivity index (χ3n) is 4.03. The van der Waals surface area contributed by atoms with E-state index in [4.69, 9.17) is 0 Å². The molecule has 110 valence electrons. The number of hydrogen-bond donors (Lipinski definition) is 3. The average molecular weight is 276 g/mol. The zero-order valence-electron chi connectivity index (χ0n) is 12.0. The Bertz CT molecular complexity index is 418. The number of amides is 2. The fraction of sp³-hybridized carbons (Fsp3) is 0.562. The second-order valence-electron chi connectivity index (χ2n) is 5.68. The minimum absolute atomic E-state index is 0.184. The van der Waals surface area contributed by atoms with Crippen LogP contribution in [0.1, 0.15) is 31.7 Å². The Morgan fingerprint density at radius 1 is 1.35 bits per heavy atom. The normalized spacial score (nSPS) is 17.9. The van der Waals surface area contributed by atoms with E-state index in [1.807, 2.05) is 37.3 Å². The molecule has 0 saturated heterocycles. The van der Waals surface area contributed by atoms with Crippen LogP contribution in [0.15, 0.2) is 30.3 Å². The molecular formula is C16H24N2O2. The van der Waals surface area contributed by atoms with Crippen molar-refractivity contribution in [3.63, 3.8) is 0 Å². The van der Waals surface area contributed by atoms with E-state index in [2.05, 4.69) is 10.6 Å². The Hall–Kier alpha value is -1.55. The third kappa shape index (κ3) is 4.53. The van der Waals surface area contributed by atoms with Crippen LogP contribution in [0.4, 0.5) is 4.79 Å². The molecule has 4 nitrogen and oxygen atoms in total. The van der Waals surface area contributed by atoms with Crippen LogP contribution in [0, 0.1) is 5.92 Å². The number of hydrogen-bond acceptors (Lipinski definition) is 2. The van der Waals surface area contributed by atoms with Gasteiger partial charge in [-0.3, -0.25) is 0 Å². The van der Waals surface area contributed by atoms with Crippen molar-refractivity contribution in [2.45, 2.75) is 44.8 Å². The molecule has 1 aromatic rings. The SMILES string of the molecule is CC(NC(=O)NCC(O)Cc1ccccc1)C1CCC1. The minimum atomic E-state index is -0.554. The van der Waals surface area contributed by atoms with E-state index in [1.165, 1.54) is 19.3 Å². The van der Waals surface area contributed by atoms with Gasteiger partial charge in [0.05, 0.1) is 6.10 Å². The number of rotatable bonds is 6. The molecule has 2 rings (SSSR count). The highest BCUT2D eigenvalue weighted by molar-refractivity contribution is 5.74. The molecule has 0 spiro atoms. The van der Waals surface area contributed by atoms with Crippen molar-refractivity contribution in [1.82, 2.24) is 10.6 Å². The van der Waals surface area contributed by atoms with Crippen LogP contribution in [-0.4, -0.2) is 29.8 Å². The topological polar surface area (TPSA) is 61.4 Å². The lowest BCUT2D eigenvalue weighted by Crippen LogP contribution is -2.47.